The van der Waals surface area contributed by atoms with Crippen molar-refractivity contribution in [2.45, 2.75) is 51.6 Å². The molecule has 7 nitrogen and oxygen atoms in total. The van der Waals surface area contributed by atoms with Crippen LogP contribution in [-0.2, 0) is 6.54 Å². The van der Waals surface area contributed by atoms with Crippen LogP contribution in [0, 0.1) is 12.8 Å². The molecule has 0 bridgehead atoms. The van der Waals surface area contributed by atoms with Gasteiger partial charge in [-0.1, -0.05) is 56.1 Å². The quantitative estimate of drug-likeness (QED) is 0.231. The Balaban J connectivity index is 1.75. The number of allylic oxidation sites excluding steroid dienone is 1. The molecule has 0 spiro atoms. The van der Waals surface area contributed by atoms with Gasteiger partial charge in [0.25, 0.3) is 11.5 Å². The number of fused-ring (bicyclic) bond motifs is 3. The van der Waals surface area contributed by atoms with Crippen LogP contribution in [0.25, 0.3) is 17.2 Å². The number of amides is 1. The topological polar surface area (TPSA) is 94.4 Å². The second-order valence-electron chi connectivity index (χ2n) is 10.6. The Bertz CT molecular complexity index is 1640. The fourth-order valence-electron chi connectivity index (χ4n) is 5.32. The molecular formula is C30H32Cl2N4O3S. The predicted octanol–water partition coefficient (Wildman–Crippen LogP) is 6.60. The summed E-state index contributed by atoms with van der Waals surface area (Å²) in [5.41, 5.74) is 8.81. The number of hydrogen-bond donors (Lipinski definition) is 1. The lowest BCUT2D eigenvalue weighted by molar-refractivity contribution is 0.0612. The molecule has 2 N–H and O–H groups in total. The van der Waals surface area contributed by atoms with E-state index in [0.717, 1.165) is 16.0 Å². The predicted molar refractivity (Wildman–Crippen MR) is 163 cm³/mol. The van der Waals surface area contributed by atoms with E-state index in [1.165, 1.54) is 11.3 Å². The summed E-state index contributed by atoms with van der Waals surface area (Å²) in [6, 6.07) is 10.6. The van der Waals surface area contributed by atoms with E-state index in [4.69, 9.17) is 38.3 Å². The lowest BCUT2D eigenvalue weighted by Crippen LogP contribution is -2.43. The number of halogens is 2. The first kappa shape index (κ1) is 28.6. The maximum Gasteiger partial charge on any atom is 0.297 e. The molecule has 3 unspecified atom stereocenters. The molecular weight excluding hydrogens is 567 g/mol. The summed E-state index contributed by atoms with van der Waals surface area (Å²) in [7, 11) is 0. The molecule has 40 heavy (non-hydrogen) atoms. The average Bonchev–Trinajstić information content (AvgIpc) is 3.51. The molecule has 10 heteroatoms. The van der Waals surface area contributed by atoms with Gasteiger partial charge in [0.05, 0.1) is 22.3 Å². The van der Waals surface area contributed by atoms with Crippen LogP contribution >= 0.6 is 34.5 Å². The van der Waals surface area contributed by atoms with Crippen molar-refractivity contribution < 1.29 is 9.21 Å². The summed E-state index contributed by atoms with van der Waals surface area (Å²) in [6.07, 6.45) is 3.67. The number of alkyl halides is 1. The molecule has 0 saturated carbocycles. The largest absolute Gasteiger partial charge is 0.449 e. The maximum absolute atomic E-state index is 14.2. The molecule has 3 atom stereocenters. The highest BCUT2D eigenvalue weighted by molar-refractivity contribution is 7.16. The number of nitrogens with two attached hydrogens (primary N) is 1. The van der Waals surface area contributed by atoms with Gasteiger partial charge in [0.2, 0.25) is 5.58 Å². The fourth-order valence-corrected chi connectivity index (χ4v) is 6.59. The van der Waals surface area contributed by atoms with Crippen molar-refractivity contribution in [3.05, 3.63) is 90.3 Å². The molecule has 1 aliphatic carbocycles. The van der Waals surface area contributed by atoms with Crippen LogP contribution < -0.4 is 11.3 Å². The molecule has 210 valence electrons. The van der Waals surface area contributed by atoms with E-state index in [9.17, 15) is 9.59 Å². The van der Waals surface area contributed by atoms with Crippen molar-refractivity contribution in [1.29, 1.82) is 0 Å². The number of nitrogens with zero attached hydrogens (tertiary/aromatic N) is 3. The number of hydrogen-bond acceptors (Lipinski definition) is 6. The second kappa shape index (κ2) is 11.5. The van der Waals surface area contributed by atoms with Gasteiger partial charge in [-0.15, -0.1) is 22.9 Å². The first-order valence-corrected chi connectivity index (χ1v) is 14.9. The Kier molecular flexibility index (Phi) is 8.25. The molecule has 1 aromatic carbocycles. The van der Waals surface area contributed by atoms with E-state index in [2.05, 4.69) is 0 Å². The molecule has 5 rings (SSSR count). The Morgan fingerprint density at radius 3 is 2.58 bits per heavy atom. The molecule has 0 saturated heterocycles. The van der Waals surface area contributed by atoms with E-state index in [1.54, 1.807) is 21.6 Å². The van der Waals surface area contributed by atoms with Gasteiger partial charge >= 0.3 is 0 Å². The Morgan fingerprint density at radius 1 is 1.23 bits per heavy atom. The summed E-state index contributed by atoms with van der Waals surface area (Å²) < 4.78 is 8.33. The minimum absolute atomic E-state index is 0.0932. The number of benzene rings is 1. The summed E-state index contributed by atoms with van der Waals surface area (Å²) in [6.45, 7) is 8.80. The van der Waals surface area contributed by atoms with Crippen LogP contribution in [-0.4, -0.2) is 38.8 Å². The van der Waals surface area contributed by atoms with Crippen LogP contribution in [0.2, 0.25) is 4.34 Å². The third kappa shape index (κ3) is 5.26. The molecule has 0 fully saturated rings. The van der Waals surface area contributed by atoms with Gasteiger partial charge in [-0.2, -0.15) is 0 Å². The van der Waals surface area contributed by atoms with Gasteiger partial charge in [0, 0.05) is 35.0 Å². The zero-order valence-electron chi connectivity index (χ0n) is 22.9. The second-order valence-corrected chi connectivity index (χ2v) is 12.9. The number of carbonyl (C=O) groups is 1. The monoisotopic (exact) mass is 598 g/mol. The minimum Gasteiger partial charge on any atom is -0.449 e. The SMILES string of the molecule is Cc1ccc(C(=O)N(CCN)C(c2nc3c4c(oc3c(=O)n2Cc2ccc(Cl)s2)C=CC(Cl)C4C)C(C)C)cc1. The number of carbonyl (C=O) groups excluding carboxylic acids is 1. The van der Waals surface area contributed by atoms with E-state index in [0.29, 0.717) is 33.5 Å². The number of aromatic nitrogens is 2. The highest BCUT2D eigenvalue weighted by atomic mass is 35.5. The third-order valence-electron chi connectivity index (χ3n) is 7.36. The van der Waals surface area contributed by atoms with Crippen molar-refractivity contribution in [2.24, 2.45) is 11.7 Å². The number of rotatable bonds is 8. The van der Waals surface area contributed by atoms with Crippen molar-refractivity contribution in [3.8, 4) is 0 Å². The van der Waals surface area contributed by atoms with E-state index >= 15 is 0 Å². The first-order valence-electron chi connectivity index (χ1n) is 13.3. The van der Waals surface area contributed by atoms with Crippen LogP contribution in [0.3, 0.4) is 0 Å². The highest BCUT2D eigenvalue weighted by Gasteiger charge is 2.35. The number of thiophene rings is 1. The van der Waals surface area contributed by atoms with Crippen LogP contribution in [0.1, 0.15) is 70.7 Å². The molecule has 1 aliphatic rings. The van der Waals surface area contributed by atoms with Crippen LogP contribution in [0.15, 0.2) is 51.7 Å². The Labute approximate surface area is 247 Å². The third-order valence-corrected chi connectivity index (χ3v) is 9.10. The zero-order chi connectivity index (χ0) is 28.7. The molecule has 3 heterocycles. The van der Waals surface area contributed by atoms with Gasteiger partial charge < -0.3 is 15.1 Å². The zero-order valence-corrected chi connectivity index (χ0v) is 25.2. The van der Waals surface area contributed by atoms with E-state index < -0.39 is 6.04 Å². The molecule has 4 aromatic rings. The lowest BCUT2D eigenvalue weighted by Gasteiger charge is -2.35. The van der Waals surface area contributed by atoms with Gasteiger partial charge in [0.1, 0.15) is 17.1 Å². The van der Waals surface area contributed by atoms with E-state index in [-0.39, 0.29) is 47.4 Å². The molecule has 0 aliphatic heterocycles. The molecule has 1 amide bonds. The molecule has 3 aromatic heterocycles. The Morgan fingerprint density at radius 2 is 1.95 bits per heavy atom. The van der Waals surface area contributed by atoms with E-state index in [1.807, 2.05) is 64.1 Å². The number of furan rings is 1. The summed E-state index contributed by atoms with van der Waals surface area (Å²) in [4.78, 5) is 35.9. The van der Waals surface area contributed by atoms with Gasteiger partial charge in [-0.25, -0.2) is 4.98 Å². The van der Waals surface area contributed by atoms with Crippen molar-refractivity contribution in [2.75, 3.05) is 13.1 Å². The Hall–Kier alpha value is -2.91. The lowest BCUT2D eigenvalue weighted by atomic mass is 9.92. The normalized spacial score (nSPS) is 17.4. The summed E-state index contributed by atoms with van der Waals surface area (Å²) in [5.74, 6) is 0.686. The fraction of sp³-hybridized carbons (Fsp3) is 0.367. The van der Waals surface area contributed by atoms with Crippen molar-refractivity contribution in [1.82, 2.24) is 14.5 Å². The summed E-state index contributed by atoms with van der Waals surface area (Å²) in [5, 5.41) is -0.257. The summed E-state index contributed by atoms with van der Waals surface area (Å²) >= 11 is 14.2. The molecule has 0 radical (unpaired) electrons. The number of aryl methyl sites for hydroxylation is 1. The van der Waals surface area contributed by atoms with Crippen LogP contribution in [0.5, 0.6) is 0 Å². The standard InChI is InChI=1S/C30H32Cl2N4O3S/c1-16(2)26(35(14-13-33)29(37)19-7-5-17(3)6-8-19)28-34-25-24-18(4)21(31)10-11-22(24)39-27(25)30(38)36(28)15-20-9-12-23(32)40-20/h5-12,16,18,21,26H,13-15,33H2,1-4H3. The van der Waals surface area contributed by atoms with Crippen LogP contribution in [0.4, 0.5) is 0 Å². The smallest absolute Gasteiger partial charge is 0.297 e. The van der Waals surface area contributed by atoms with Gasteiger partial charge in [0.15, 0.2) is 0 Å². The van der Waals surface area contributed by atoms with Crippen molar-refractivity contribution >= 4 is 57.6 Å². The van der Waals surface area contributed by atoms with Crippen molar-refractivity contribution in [3.63, 3.8) is 0 Å². The van der Waals surface area contributed by atoms with Gasteiger partial charge in [-0.3, -0.25) is 14.2 Å². The highest BCUT2D eigenvalue weighted by Crippen LogP contribution is 2.39. The minimum atomic E-state index is -0.545. The van der Waals surface area contributed by atoms with Gasteiger partial charge in [-0.05, 0) is 43.2 Å². The maximum atomic E-state index is 14.2. The first-order chi connectivity index (χ1) is 19.1. The average molecular weight is 600 g/mol.